The summed E-state index contributed by atoms with van der Waals surface area (Å²) in [6.45, 7) is 1.36. The van der Waals surface area contributed by atoms with Gasteiger partial charge in [-0.2, -0.15) is 0 Å². The van der Waals surface area contributed by atoms with Gasteiger partial charge in [-0.1, -0.05) is 0 Å². The maximum Gasteiger partial charge on any atom is 0.331 e. The van der Waals surface area contributed by atoms with Crippen LogP contribution in [0.1, 0.15) is 6.92 Å². The van der Waals surface area contributed by atoms with Gasteiger partial charge in [-0.05, 0) is 0 Å². The maximum atomic E-state index is 10.1. The van der Waals surface area contributed by atoms with Crippen molar-refractivity contribution in [3.8, 4) is 0 Å². The fourth-order valence-corrected chi connectivity index (χ4v) is 0.180. The SMILES string of the molecule is CC(=O)OC=[N+](C)C. The Kier molecular flexibility index (Phi) is 2.84. The lowest BCUT2D eigenvalue weighted by Gasteiger charge is -1.85. The Hall–Kier alpha value is -0.860. The van der Waals surface area contributed by atoms with E-state index < -0.39 is 0 Å². The van der Waals surface area contributed by atoms with E-state index in [2.05, 4.69) is 4.74 Å². The molecule has 0 aromatic heterocycles. The van der Waals surface area contributed by atoms with Gasteiger partial charge in [0.2, 0.25) is 0 Å². The van der Waals surface area contributed by atoms with Gasteiger partial charge in [-0.3, -0.25) is 4.79 Å². The van der Waals surface area contributed by atoms with E-state index in [0.717, 1.165) is 0 Å². The summed E-state index contributed by atoms with van der Waals surface area (Å²) in [6.07, 6.45) is 1.35. The summed E-state index contributed by atoms with van der Waals surface area (Å²) in [7, 11) is 3.56. The standard InChI is InChI=1S/C5H10NO2/c1-5(7)8-4-6(2)3/h4H,1-3H3/q+1. The van der Waals surface area contributed by atoms with Crippen LogP contribution in [0.15, 0.2) is 0 Å². The third-order valence-corrected chi connectivity index (χ3v) is 0.429. The Labute approximate surface area is 48.6 Å². The molecule has 8 heavy (non-hydrogen) atoms. The number of carbonyl (C=O) groups is 1. The highest BCUT2D eigenvalue weighted by molar-refractivity contribution is 5.73. The second-order valence-corrected chi connectivity index (χ2v) is 1.68. The predicted octanol–water partition coefficient (Wildman–Crippen LogP) is -0.150. The summed E-state index contributed by atoms with van der Waals surface area (Å²) < 4.78 is 6.12. The first-order chi connectivity index (χ1) is 3.63. The van der Waals surface area contributed by atoms with E-state index in [9.17, 15) is 4.79 Å². The van der Waals surface area contributed by atoms with Crippen molar-refractivity contribution in [3.05, 3.63) is 0 Å². The van der Waals surface area contributed by atoms with Crippen molar-refractivity contribution >= 4 is 12.4 Å². The highest BCUT2D eigenvalue weighted by Crippen LogP contribution is 1.66. The van der Waals surface area contributed by atoms with Crippen molar-refractivity contribution in [3.63, 3.8) is 0 Å². The van der Waals surface area contributed by atoms with Crippen LogP contribution in [-0.4, -0.2) is 31.0 Å². The lowest BCUT2D eigenvalue weighted by atomic mass is 10.8. The van der Waals surface area contributed by atoms with E-state index in [0.29, 0.717) is 0 Å². The first-order valence-electron chi connectivity index (χ1n) is 2.30. The zero-order chi connectivity index (χ0) is 6.57. The van der Waals surface area contributed by atoms with Crippen LogP contribution in [0.4, 0.5) is 0 Å². The molecular formula is C5H10NO2+. The molecular weight excluding hydrogens is 106 g/mol. The molecule has 0 rings (SSSR count). The first kappa shape index (κ1) is 7.14. The highest BCUT2D eigenvalue weighted by atomic mass is 16.5. The Morgan fingerprint density at radius 2 is 2.12 bits per heavy atom. The van der Waals surface area contributed by atoms with Crippen LogP contribution in [0, 0.1) is 0 Å². The van der Waals surface area contributed by atoms with Gasteiger partial charge in [-0.25, -0.2) is 4.58 Å². The summed E-state index contributed by atoms with van der Waals surface area (Å²) in [5.41, 5.74) is 0. The number of rotatable bonds is 1. The Balaban J connectivity index is 3.45. The number of nitrogens with zero attached hydrogens (tertiary/aromatic N) is 1. The molecule has 0 spiro atoms. The first-order valence-corrected chi connectivity index (χ1v) is 2.30. The molecule has 3 nitrogen and oxygen atoms in total. The zero-order valence-corrected chi connectivity index (χ0v) is 5.34. The minimum atomic E-state index is -0.293. The molecule has 0 N–H and O–H groups in total. The van der Waals surface area contributed by atoms with E-state index in [1.54, 1.807) is 18.7 Å². The van der Waals surface area contributed by atoms with Gasteiger partial charge in [0, 0.05) is 6.92 Å². The highest BCUT2D eigenvalue weighted by Gasteiger charge is 1.88. The molecule has 0 aromatic rings. The summed E-state index contributed by atoms with van der Waals surface area (Å²) in [5, 5.41) is 0. The number of hydrogen-bond donors (Lipinski definition) is 0. The van der Waals surface area contributed by atoms with Crippen LogP contribution in [-0.2, 0) is 9.53 Å². The molecule has 0 aliphatic heterocycles. The Morgan fingerprint density at radius 1 is 1.62 bits per heavy atom. The molecule has 46 valence electrons. The fourth-order valence-electron chi connectivity index (χ4n) is 0.180. The van der Waals surface area contributed by atoms with Crippen molar-refractivity contribution in [2.45, 2.75) is 6.92 Å². The van der Waals surface area contributed by atoms with Crippen LogP contribution < -0.4 is 0 Å². The second kappa shape index (κ2) is 3.18. The van der Waals surface area contributed by atoms with Gasteiger partial charge in [-0.15, -0.1) is 0 Å². The second-order valence-electron chi connectivity index (χ2n) is 1.68. The van der Waals surface area contributed by atoms with Crippen LogP contribution in [0.25, 0.3) is 0 Å². The summed E-state index contributed by atoms with van der Waals surface area (Å²) >= 11 is 0. The summed E-state index contributed by atoms with van der Waals surface area (Å²) in [5.74, 6) is -0.293. The van der Waals surface area contributed by atoms with E-state index in [-0.39, 0.29) is 5.97 Å². The van der Waals surface area contributed by atoms with E-state index >= 15 is 0 Å². The van der Waals surface area contributed by atoms with Crippen molar-refractivity contribution in [1.82, 2.24) is 0 Å². The summed E-state index contributed by atoms with van der Waals surface area (Å²) in [6, 6.07) is 0. The zero-order valence-electron chi connectivity index (χ0n) is 5.34. The number of hydrogen-bond acceptors (Lipinski definition) is 2. The van der Waals surface area contributed by atoms with Gasteiger partial charge in [0.25, 0.3) is 0 Å². The maximum absolute atomic E-state index is 10.1. The largest absolute Gasteiger partial charge is 0.377 e. The van der Waals surface area contributed by atoms with E-state index in [4.69, 9.17) is 0 Å². The van der Waals surface area contributed by atoms with Gasteiger partial charge in [0.15, 0.2) is 0 Å². The molecule has 0 radical (unpaired) electrons. The monoisotopic (exact) mass is 116 g/mol. The molecule has 0 unspecified atom stereocenters. The van der Waals surface area contributed by atoms with Crippen molar-refractivity contribution < 1.29 is 14.1 Å². The van der Waals surface area contributed by atoms with Gasteiger partial charge >= 0.3 is 12.4 Å². The number of esters is 1. The average molecular weight is 116 g/mol. The molecule has 0 aromatic carbocycles. The molecule has 0 saturated heterocycles. The van der Waals surface area contributed by atoms with Gasteiger partial charge in [0.05, 0.1) is 0 Å². The minimum Gasteiger partial charge on any atom is -0.377 e. The van der Waals surface area contributed by atoms with Crippen molar-refractivity contribution in [1.29, 1.82) is 0 Å². The molecule has 0 saturated carbocycles. The molecule has 0 aliphatic rings. The predicted molar refractivity (Wildman–Crippen MR) is 29.9 cm³/mol. The Morgan fingerprint density at radius 3 is 2.25 bits per heavy atom. The van der Waals surface area contributed by atoms with Gasteiger partial charge < -0.3 is 4.74 Å². The normalized spacial score (nSPS) is 7.88. The molecule has 0 bridgehead atoms. The van der Waals surface area contributed by atoms with Crippen LogP contribution in [0.3, 0.4) is 0 Å². The molecule has 0 fully saturated rings. The van der Waals surface area contributed by atoms with E-state index in [1.807, 2.05) is 0 Å². The Bertz CT molecular complexity index is 114. The third-order valence-electron chi connectivity index (χ3n) is 0.429. The number of ether oxygens (including phenoxy) is 1. The van der Waals surface area contributed by atoms with Crippen LogP contribution >= 0.6 is 0 Å². The fraction of sp³-hybridized carbons (Fsp3) is 0.600. The summed E-state index contributed by atoms with van der Waals surface area (Å²) in [4.78, 5) is 10.1. The van der Waals surface area contributed by atoms with Crippen LogP contribution in [0.2, 0.25) is 0 Å². The van der Waals surface area contributed by atoms with Crippen molar-refractivity contribution in [2.24, 2.45) is 0 Å². The third kappa shape index (κ3) is 5.14. The molecule has 0 heterocycles. The molecule has 0 amide bonds. The lowest BCUT2D eigenvalue weighted by molar-refractivity contribution is -0.467. The number of carbonyl (C=O) groups excluding carboxylic acids is 1. The lowest BCUT2D eigenvalue weighted by Crippen LogP contribution is -2.05. The average Bonchev–Trinajstić information content (AvgIpc) is 1.61. The van der Waals surface area contributed by atoms with E-state index in [1.165, 1.54) is 13.3 Å². The molecule has 3 heteroatoms. The van der Waals surface area contributed by atoms with Crippen molar-refractivity contribution in [2.75, 3.05) is 14.1 Å². The van der Waals surface area contributed by atoms with Gasteiger partial charge in [0.1, 0.15) is 14.1 Å². The quantitative estimate of drug-likeness (QED) is 0.206. The minimum absolute atomic E-state index is 0.293. The molecule has 0 aliphatic carbocycles. The topological polar surface area (TPSA) is 29.3 Å². The van der Waals surface area contributed by atoms with Crippen LogP contribution in [0.5, 0.6) is 0 Å². The smallest absolute Gasteiger partial charge is 0.331 e. The molecule has 0 atom stereocenters.